The third-order valence-corrected chi connectivity index (χ3v) is 2.95. The summed E-state index contributed by atoms with van der Waals surface area (Å²) < 4.78 is 0. The maximum absolute atomic E-state index is 12.1. The van der Waals surface area contributed by atoms with Crippen LogP contribution in [0, 0.1) is 18.3 Å². The molecule has 2 unspecified atom stereocenters. The minimum absolute atomic E-state index is 0.162. The van der Waals surface area contributed by atoms with Crippen molar-refractivity contribution in [3.63, 3.8) is 0 Å². The molecule has 0 bridgehead atoms. The lowest BCUT2D eigenvalue weighted by atomic mass is 9.92. The summed E-state index contributed by atoms with van der Waals surface area (Å²) >= 11 is 0. The molecular formula is C12H20N2O. The smallest absolute Gasteiger partial charge is 0.226 e. The molecule has 1 N–H and O–H groups in total. The van der Waals surface area contributed by atoms with E-state index in [0.717, 1.165) is 19.4 Å². The number of nitrogens with one attached hydrogen (secondary N) is 1. The Morgan fingerprint density at radius 3 is 2.93 bits per heavy atom. The van der Waals surface area contributed by atoms with Crippen LogP contribution in [0.2, 0.25) is 0 Å². The van der Waals surface area contributed by atoms with Crippen LogP contribution in [0.5, 0.6) is 0 Å². The summed E-state index contributed by atoms with van der Waals surface area (Å²) in [6.45, 7) is 6.18. The summed E-state index contributed by atoms with van der Waals surface area (Å²) in [6.07, 6.45) is 7.11. The van der Waals surface area contributed by atoms with Crippen LogP contribution in [0.1, 0.15) is 26.7 Å². The SMILES string of the molecule is C#CCN(CC)C(=O)C1CCNC(C)C1. The van der Waals surface area contributed by atoms with Crippen LogP contribution < -0.4 is 5.32 Å². The molecule has 1 amide bonds. The largest absolute Gasteiger partial charge is 0.332 e. The minimum Gasteiger partial charge on any atom is -0.332 e. The zero-order valence-electron chi connectivity index (χ0n) is 9.62. The van der Waals surface area contributed by atoms with Gasteiger partial charge in [-0.2, -0.15) is 0 Å². The number of piperidine rings is 1. The van der Waals surface area contributed by atoms with Gasteiger partial charge in [0.25, 0.3) is 0 Å². The van der Waals surface area contributed by atoms with Crippen LogP contribution in [0.25, 0.3) is 0 Å². The number of carbonyl (C=O) groups is 1. The number of terminal acetylenes is 1. The lowest BCUT2D eigenvalue weighted by Gasteiger charge is -2.30. The van der Waals surface area contributed by atoms with Crippen LogP contribution in [-0.4, -0.2) is 36.5 Å². The molecule has 0 saturated carbocycles. The molecule has 0 aromatic carbocycles. The van der Waals surface area contributed by atoms with E-state index >= 15 is 0 Å². The third-order valence-electron chi connectivity index (χ3n) is 2.95. The van der Waals surface area contributed by atoms with E-state index in [0.29, 0.717) is 19.1 Å². The van der Waals surface area contributed by atoms with Crippen molar-refractivity contribution >= 4 is 5.91 Å². The summed E-state index contributed by atoms with van der Waals surface area (Å²) in [5, 5.41) is 3.34. The van der Waals surface area contributed by atoms with E-state index in [1.54, 1.807) is 4.90 Å². The van der Waals surface area contributed by atoms with E-state index in [1.165, 1.54) is 0 Å². The molecule has 3 nitrogen and oxygen atoms in total. The predicted octanol–water partition coefficient (Wildman–Crippen LogP) is 0.856. The second-order valence-corrected chi connectivity index (χ2v) is 4.13. The molecule has 1 fully saturated rings. The molecule has 0 aromatic rings. The molecule has 1 aliphatic heterocycles. The first-order chi connectivity index (χ1) is 7.19. The van der Waals surface area contributed by atoms with Crippen molar-refractivity contribution in [1.82, 2.24) is 10.2 Å². The average Bonchev–Trinajstić information content (AvgIpc) is 2.25. The predicted molar refractivity (Wildman–Crippen MR) is 61.3 cm³/mol. The van der Waals surface area contributed by atoms with E-state index in [4.69, 9.17) is 6.42 Å². The van der Waals surface area contributed by atoms with Gasteiger partial charge >= 0.3 is 0 Å². The fourth-order valence-corrected chi connectivity index (χ4v) is 2.07. The van der Waals surface area contributed by atoms with Crippen molar-refractivity contribution in [2.75, 3.05) is 19.6 Å². The number of hydrogen-bond acceptors (Lipinski definition) is 2. The fraction of sp³-hybridized carbons (Fsp3) is 0.750. The third kappa shape index (κ3) is 3.24. The minimum atomic E-state index is 0.162. The van der Waals surface area contributed by atoms with Crippen LogP contribution in [0.15, 0.2) is 0 Å². The van der Waals surface area contributed by atoms with Crippen molar-refractivity contribution < 1.29 is 4.79 Å². The highest BCUT2D eigenvalue weighted by Crippen LogP contribution is 2.18. The lowest BCUT2D eigenvalue weighted by Crippen LogP contribution is -2.44. The van der Waals surface area contributed by atoms with Crippen molar-refractivity contribution in [2.24, 2.45) is 5.92 Å². The summed E-state index contributed by atoms with van der Waals surface area (Å²) in [6, 6.07) is 0.442. The summed E-state index contributed by atoms with van der Waals surface area (Å²) in [4.78, 5) is 13.8. The standard InChI is InChI=1S/C12H20N2O/c1-4-8-14(5-2)12(15)11-6-7-13-10(3)9-11/h1,10-11,13H,5-9H2,2-3H3. The van der Waals surface area contributed by atoms with E-state index in [2.05, 4.69) is 18.2 Å². The molecule has 1 saturated heterocycles. The van der Waals surface area contributed by atoms with Crippen LogP contribution in [-0.2, 0) is 4.79 Å². The van der Waals surface area contributed by atoms with Gasteiger partial charge in [-0.1, -0.05) is 5.92 Å². The summed E-state index contributed by atoms with van der Waals surface area (Å²) in [5.41, 5.74) is 0. The maximum Gasteiger partial charge on any atom is 0.226 e. The first kappa shape index (κ1) is 12.1. The Morgan fingerprint density at radius 1 is 1.67 bits per heavy atom. The Bertz CT molecular complexity index is 257. The van der Waals surface area contributed by atoms with Gasteiger partial charge in [0.1, 0.15) is 0 Å². The second-order valence-electron chi connectivity index (χ2n) is 4.13. The van der Waals surface area contributed by atoms with Crippen LogP contribution >= 0.6 is 0 Å². The topological polar surface area (TPSA) is 32.3 Å². The molecule has 3 heteroatoms. The van der Waals surface area contributed by atoms with Gasteiger partial charge in [0.15, 0.2) is 0 Å². The summed E-state index contributed by atoms with van der Waals surface area (Å²) in [7, 11) is 0. The van der Waals surface area contributed by atoms with Crippen LogP contribution in [0.4, 0.5) is 0 Å². The van der Waals surface area contributed by atoms with Gasteiger partial charge in [0.2, 0.25) is 5.91 Å². The van der Waals surface area contributed by atoms with Gasteiger partial charge in [-0.25, -0.2) is 0 Å². The first-order valence-electron chi connectivity index (χ1n) is 5.64. The zero-order valence-corrected chi connectivity index (χ0v) is 9.62. The van der Waals surface area contributed by atoms with Gasteiger partial charge in [0, 0.05) is 18.5 Å². The highest BCUT2D eigenvalue weighted by atomic mass is 16.2. The van der Waals surface area contributed by atoms with Gasteiger partial charge in [0.05, 0.1) is 6.54 Å². The zero-order chi connectivity index (χ0) is 11.3. The monoisotopic (exact) mass is 208 g/mol. The number of hydrogen-bond donors (Lipinski definition) is 1. The highest BCUT2D eigenvalue weighted by molar-refractivity contribution is 5.79. The normalized spacial score (nSPS) is 25.7. The van der Waals surface area contributed by atoms with E-state index in [1.807, 2.05) is 6.92 Å². The molecule has 0 spiro atoms. The van der Waals surface area contributed by atoms with E-state index < -0.39 is 0 Å². The number of rotatable bonds is 3. The second kappa shape index (κ2) is 5.77. The average molecular weight is 208 g/mol. The summed E-state index contributed by atoms with van der Waals surface area (Å²) in [5.74, 6) is 2.93. The number of nitrogens with zero attached hydrogens (tertiary/aromatic N) is 1. The Balaban J connectivity index is 2.54. The van der Waals surface area contributed by atoms with Crippen molar-refractivity contribution in [3.8, 4) is 12.3 Å². The van der Waals surface area contributed by atoms with Gasteiger partial charge in [-0.15, -0.1) is 6.42 Å². The molecule has 15 heavy (non-hydrogen) atoms. The maximum atomic E-state index is 12.1. The molecule has 0 radical (unpaired) electrons. The molecule has 1 aliphatic rings. The molecule has 0 aromatic heterocycles. The Hall–Kier alpha value is -1.01. The van der Waals surface area contributed by atoms with Crippen molar-refractivity contribution in [3.05, 3.63) is 0 Å². The van der Waals surface area contributed by atoms with Crippen LogP contribution in [0.3, 0.4) is 0 Å². The van der Waals surface area contributed by atoms with E-state index in [-0.39, 0.29) is 11.8 Å². The molecule has 1 heterocycles. The highest BCUT2D eigenvalue weighted by Gasteiger charge is 2.27. The number of carbonyl (C=O) groups excluding carboxylic acids is 1. The van der Waals surface area contributed by atoms with E-state index in [9.17, 15) is 4.79 Å². The molecule has 0 aliphatic carbocycles. The Labute approximate surface area is 92.2 Å². The first-order valence-corrected chi connectivity index (χ1v) is 5.64. The van der Waals surface area contributed by atoms with Gasteiger partial charge in [-0.05, 0) is 33.2 Å². The molecule has 2 atom stereocenters. The molecule has 84 valence electrons. The fourth-order valence-electron chi connectivity index (χ4n) is 2.07. The Morgan fingerprint density at radius 2 is 2.40 bits per heavy atom. The van der Waals surface area contributed by atoms with Crippen molar-refractivity contribution in [1.29, 1.82) is 0 Å². The molecular weight excluding hydrogens is 188 g/mol. The number of amides is 1. The van der Waals surface area contributed by atoms with Crippen molar-refractivity contribution in [2.45, 2.75) is 32.7 Å². The Kier molecular flexibility index (Phi) is 4.64. The molecule has 1 rings (SSSR count). The quantitative estimate of drug-likeness (QED) is 0.698. The lowest BCUT2D eigenvalue weighted by molar-refractivity contribution is -0.135. The van der Waals surface area contributed by atoms with Gasteiger partial charge < -0.3 is 10.2 Å². The van der Waals surface area contributed by atoms with Gasteiger partial charge in [-0.3, -0.25) is 4.79 Å².